The predicted molar refractivity (Wildman–Crippen MR) is 245 cm³/mol. The van der Waals surface area contributed by atoms with Crippen molar-refractivity contribution in [2.45, 2.75) is 166 Å². The predicted octanol–water partition coefficient (Wildman–Crippen LogP) is 5.99. The quantitative estimate of drug-likeness (QED) is 0.150. The summed E-state index contributed by atoms with van der Waals surface area (Å²) in [6.45, 7) is 21.0. The Kier molecular flexibility index (Phi) is 12.3. The summed E-state index contributed by atoms with van der Waals surface area (Å²) in [7, 11) is 1.31. The first-order valence-corrected chi connectivity index (χ1v) is 24.0. The zero-order valence-corrected chi connectivity index (χ0v) is 40.9. The van der Waals surface area contributed by atoms with Crippen molar-refractivity contribution in [1.29, 1.82) is 0 Å². The average Bonchev–Trinajstić information content (AvgIpc) is 3.42. The van der Waals surface area contributed by atoms with Crippen LogP contribution in [0.1, 0.15) is 116 Å². The molecule has 4 saturated heterocycles. The van der Waals surface area contributed by atoms with Gasteiger partial charge in [0.05, 0.1) is 44.0 Å². The van der Waals surface area contributed by atoms with Gasteiger partial charge in [-0.05, 0) is 107 Å². The molecule has 1 aromatic rings. The molecule has 15 nitrogen and oxygen atoms in total. The first-order chi connectivity index (χ1) is 31.6. The Morgan fingerprint density at radius 3 is 2.34 bits per heavy atom. The molecule has 15 heteroatoms. The van der Waals surface area contributed by atoms with Crippen LogP contribution >= 0.6 is 0 Å². The maximum absolute atomic E-state index is 16.6. The number of aliphatic hydroxyl groups excluding tert-OH is 2. The third kappa shape index (κ3) is 7.74. The van der Waals surface area contributed by atoms with Gasteiger partial charge in [0.2, 0.25) is 6.29 Å². The molecule has 4 bridgehead atoms. The molecule has 2 N–H and O–H groups in total. The first-order valence-electron chi connectivity index (χ1n) is 24.0. The number of rotatable bonds is 11. The molecular weight excluding hydrogens is 863 g/mol. The van der Waals surface area contributed by atoms with E-state index in [1.54, 1.807) is 26.8 Å². The minimum Gasteiger partial charge on any atom is -0.482 e. The van der Waals surface area contributed by atoms with Gasteiger partial charge in [-0.3, -0.25) is 14.5 Å². The van der Waals surface area contributed by atoms with Gasteiger partial charge >= 0.3 is 5.97 Å². The summed E-state index contributed by atoms with van der Waals surface area (Å²) in [6, 6.07) is -0.598. The number of hydrogen-bond donors (Lipinski definition) is 2. The van der Waals surface area contributed by atoms with E-state index in [-0.39, 0.29) is 41.7 Å². The minimum absolute atomic E-state index is 0.0408. The number of carbonyl (C=O) groups is 3. The second kappa shape index (κ2) is 17.2. The Morgan fingerprint density at radius 2 is 1.66 bits per heavy atom. The second-order valence-electron chi connectivity index (χ2n) is 21.5. The van der Waals surface area contributed by atoms with E-state index in [1.165, 1.54) is 12.7 Å². The fourth-order valence-corrected chi connectivity index (χ4v) is 12.4. The van der Waals surface area contributed by atoms with Gasteiger partial charge in [0.1, 0.15) is 52.8 Å². The van der Waals surface area contributed by atoms with E-state index in [2.05, 4.69) is 30.9 Å². The highest BCUT2D eigenvalue weighted by atomic mass is 16.8. The number of hydrogen-bond acceptors (Lipinski definition) is 15. The van der Waals surface area contributed by atoms with Gasteiger partial charge in [0, 0.05) is 48.5 Å². The van der Waals surface area contributed by atoms with Crippen LogP contribution in [0.15, 0.2) is 41.0 Å². The number of fused-ring (bicyclic) bond motifs is 3. The molecule has 6 heterocycles. The summed E-state index contributed by atoms with van der Waals surface area (Å²) < 4.78 is 58.3. The molecule has 67 heavy (non-hydrogen) atoms. The number of ether oxygens (including phenoxy) is 9. The van der Waals surface area contributed by atoms with Gasteiger partial charge in [-0.2, -0.15) is 0 Å². The van der Waals surface area contributed by atoms with Crippen LogP contribution in [-0.4, -0.2) is 138 Å². The Labute approximate surface area is 393 Å². The zero-order valence-electron chi connectivity index (χ0n) is 40.9. The molecule has 10 rings (SSSR count). The molecule has 9 aliphatic rings. The summed E-state index contributed by atoms with van der Waals surface area (Å²) in [5.41, 5.74) is -1.34. The minimum atomic E-state index is -1.69. The number of Topliss-reactive ketones (excluding diaryl/α,β-unsaturated/α-hetero) is 2. The van der Waals surface area contributed by atoms with E-state index < -0.39 is 88.7 Å². The smallest absolute Gasteiger partial charge is 0.333 e. The molecule has 3 aliphatic carbocycles. The van der Waals surface area contributed by atoms with Crippen molar-refractivity contribution in [2.75, 3.05) is 40.0 Å². The van der Waals surface area contributed by atoms with Crippen LogP contribution in [0, 0.1) is 17.8 Å². The van der Waals surface area contributed by atoms with Crippen LogP contribution in [0.5, 0.6) is 17.2 Å². The molecule has 6 aliphatic heterocycles. The van der Waals surface area contributed by atoms with E-state index in [9.17, 15) is 15.0 Å². The summed E-state index contributed by atoms with van der Waals surface area (Å²) >= 11 is 0. The van der Waals surface area contributed by atoms with Crippen LogP contribution in [0.3, 0.4) is 0 Å². The monoisotopic (exact) mass is 931 g/mol. The lowest BCUT2D eigenvalue weighted by atomic mass is 9.44. The Balaban J connectivity index is 1.29. The van der Waals surface area contributed by atoms with Crippen LogP contribution in [0.4, 0.5) is 0 Å². The van der Waals surface area contributed by atoms with Gasteiger partial charge < -0.3 is 52.8 Å². The van der Waals surface area contributed by atoms with E-state index in [4.69, 9.17) is 42.6 Å². The number of esters is 1. The van der Waals surface area contributed by atoms with Crippen LogP contribution in [-0.2, 0) is 44.4 Å². The van der Waals surface area contributed by atoms with Crippen molar-refractivity contribution in [3.05, 3.63) is 57.7 Å². The van der Waals surface area contributed by atoms with Crippen molar-refractivity contribution in [2.24, 2.45) is 17.8 Å². The Bertz CT molecular complexity index is 2310. The normalized spacial score (nSPS) is 37.8. The van der Waals surface area contributed by atoms with Crippen LogP contribution in [0.25, 0.3) is 6.08 Å². The number of carbonyl (C=O) groups excluding carboxylic acids is 3. The van der Waals surface area contributed by atoms with Crippen LogP contribution < -0.4 is 14.2 Å². The SMILES string of the molecule is COC(=O)C(C)=CCC12OC(C)(C)C3CC(C1=O)C(N1CCOCC1)C1C(=O)c4c(O[C@@H]5O[C@@H]6COC(C)(C)O[C@H]6[C@H](O)[C@H]5O)c5c(c(CC=C(C)C)c4OC132)OC(C)(CCC=C(C)C)C=C5. The van der Waals surface area contributed by atoms with E-state index in [0.717, 1.165) is 12.0 Å². The molecular formula is C52H69NO14. The first kappa shape index (κ1) is 48.1. The molecule has 12 atom stereocenters. The van der Waals surface area contributed by atoms with Gasteiger partial charge in [-0.25, -0.2) is 4.79 Å². The maximum Gasteiger partial charge on any atom is 0.333 e. The van der Waals surface area contributed by atoms with Gasteiger partial charge in [0.15, 0.2) is 28.6 Å². The number of benzene rings is 1. The second-order valence-corrected chi connectivity index (χ2v) is 21.5. The number of nitrogens with zero attached hydrogens (tertiary/aromatic N) is 1. The summed E-state index contributed by atoms with van der Waals surface area (Å²) in [4.78, 5) is 47.4. The third-order valence-corrected chi connectivity index (χ3v) is 15.6. The molecule has 366 valence electrons. The average molecular weight is 932 g/mol. The van der Waals surface area contributed by atoms with E-state index >= 15 is 9.59 Å². The van der Waals surface area contributed by atoms with Gasteiger partial charge in [-0.1, -0.05) is 29.4 Å². The number of allylic oxidation sites excluding steroid dienone is 4. The summed E-state index contributed by atoms with van der Waals surface area (Å²) in [6.07, 6.45) is 5.56. The van der Waals surface area contributed by atoms with Crippen molar-refractivity contribution in [3.63, 3.8) is 0 Å². The molecule has 7 unspecified atom stereocenters. The number of morpholine rings is 1. The van der Waals surface area contributed by atoms with E-state index in [0.29, 0.717) is 68.0 Å². The molecule has 0 radical (unpaired) electrons. The summed E-state index contributed by atoms with van der Waals surface area (Å²) in [5.74, 6) is -3.40. The number of aliphatic hydroxyl groups is 2. The standard InChI is InChI=1S/C52H69NO14/c1-27(2)13-12-18-50(10)19-17-31-41(65-50)30(15-14-28(3)4)43-35(42(31)63-47-40(56)39(55)44-33(62-47)26-61-49(8,9)64-44)38(54)36-37(53-21-23-60-24-22-53)32-25-34-48(6,7)67-51(45(32)57,52(34,36)66-43)20-16-29(5)46(58)59-11/h13-14,16-17,19,32-34,36-37,39-40,44,47,55-56H,12,15,18,20-26H2,1-11H3/t32?,33-,34?,36?,37?,39-,40-,44-,47+,50?,51?,52?/m1/s1. The van der Waals surface area contributed by atoms with Gasteiger partial charge in [-0.15, -0.1) is 0 Å². The number of methoxy groups -OCH3 is 1. The van der Waals surface area contributed by atoms with Gasteiger partial charge in [0.25, 0.3) is 0 Å². The molecule has 7 fully saturated rings. The molecule has 0 amide bonds. The van der Waals surface area contributed by atoms with Crippen molar-refractivity contribution in [1.82, 2.24) is 4.90 Å². The molecule has 1 aromatic carbocycles. The third-order valence-electron chi connectivity index (χ3n) is 15.6. The largest absolute Gasteiger partial charge is 0.482 e. The molecule has 0 aromatic heterocycles. The zero-order chi connectivity index (χ0) is 48.2. The highest BCUT2D eigenvalue weighted by Crippen LogP contribution is 2.71. The fraction of sp³-hybridized carbons (Fsp3) is 0.673. The summed E-state index contributed by atoms with van der Waals surface area (Å²) in [5, 5.41) is 23.5. The van der Waals surface area contributed by atoms with Crippen LogP contribution in [0.2, 0.25) is 0 Å². The molecule has 3 saturated carbocycles. The highest BCUT2D eigenvalue weighted by Gasteiger charge is 2.86. The highest BCUT2D eigenvalue weighted by molar-refractivity contribution is 6.10. The number of ketones is 2. The van der Waals surface area contributed by atoms with Crippen molar-refractivity contribution < 1.29 is 67.2 Å². The lowest BCUT2D eigenvalue weighted by Crippen LogP contribution is -2.82. The Morgan fingerprint density at radius 1 is 0.940 bits per heavy atom. The Hall–Kier alpha value is -3.93. The topological polar surface area (TPSA) is 178 Å². The van der Waals surface area contributed by atoms with E-state index in [1.807, 2.05) is 46.8 Å². The lowest BCUT2D eigenvalue weighted by Gasteiger charge is -2.64. The lowest BCUT2D eigenvalue weighted by molar-refractivity contribution is -0.373. The van der Waals surface area contributed by atoms with Crippen molar-refractivity contribution in [3.8, 4) is 17.2 Å². The maximum atomic E-state index is 16.6. The van der Waals surface area contributed by atoms with Crippen molar-refractivity contribution >= 4 is 23.6 Å². The molecule has 1 spiro atoms. The fourth-order valence-electron chi connectivity index (χ4n) is 12.4.